The van der Waals surface area contributed by atoms with Crippen molar-refractivity contribution in [1.82, 2.24) is 4.90 Å². The zero-order valence-corrected chi connectivity index (χ0v) is 10.8. The second-order valence-corrected chi connectivity index (χ2v) is 4.48. The summed E-state index contributed by atoms with van der Waals surface area (Å²) in [7, 11) is 3.14. The molecule has 1 aromatic rings. The van der Waals surface area contributed by atoms with Crippen LogP contribution in [0.25, 0.3) is 0 Å². The number of carboxylic acid groups (broad SMARTS) is 1. The van der Waals surface area contributed by atoms with E-state index >= 15 is 0 Å². The highest BCUT2D eigenvalue weighted by Gasteiger charge is 2.18. The summed E-state index contributed by atoms with van der Waals surface area (Å²) in [5, 5.41) is 8.60. The van der Waals surface area contributed by atoms with Crippen LogP contribution in [0, 0.1) is 0 Å². The molecule has 0 bridgehead atoms. The first kappa shape index (κ1) is 13.4. The molecule has 0 aliphatic heterocycles. The van der Waals surface area contributed by atoms with E-state index in [1.807, 2.05) is 0 Å². The molecule has 1 N–H and O–H groups in total. The minimum absolute atomic E-state index is 0.0305. The second-order valence-electron chi connectivity index (χ2n) is 3.56. The van der Waals surface area contributed by atoms with E-state index < -0.39 is 11.8 Å². The molecule has 0 heterocycles. The van der Waals surface area contributed by atoms with Crippen LogP contribution in [0.4, 0.5) is 0 Å². The third-order valence-corrected chi connectivity index (χ3v) is 2.47. The molecule has 0 spiro atoms. The SMILES string of the molecule is CN(C)C(=O)c1cc(Br)cc(C(=O)C(=O)O)c1. The number of hydrogen-bond donors (Lipinski definition) is 1. The maximum absolute atomic E-state index is 11.7. The summed E-state index contributed by atoms with van der Waals surface area (Å²) in [6.45, 7) is 0. The van der Waals surface area contributed by atoms with Crippen molar-refractivity contribution < 1.29 is 19.5 Å². The fourth-order valence-electron chi connectivity index (χ4n) is 1.23. The Morgan fingerprint density at radius 2 is 1.65 bits per heavy atom. The van der Waals surface area contributed by atoms with Crippen LogP contribution in [0.5, 0.6) is 0 Å². The Balaban J connectivity index is 3.24. The Morgan fingerprint density at radius 3 is 2.12 bits per heavy atom. The van der Waals surface area contributed by atoms with Gasteiger partial charge in [0.05, 0.1) is 0 Å². The standard InChI is InChI=1S/C11H10BrNO4/c1-13(2)10(15)7-3-6(4-8(12)5-7)9(14)11(16)17/h3-5H,1-2H3,(H,16,17). The highest BCUT2D eigenvalue weighted by molar-refractivity contribution is 9.10. The van der Waals surface area contributed by atoms with E-state index in [0.717, 1.165) is 0 Å². The predicted molar refractivity (Wildman–Crippen MR) is 64.1 cm³/mol. The minimum Gasteiger partial charge on any atom is -0.475 e. The first-order valence-electron chi connectivity index (χ1n) is 4.63. The van der Waals surface area contributed by atoms with Crippen molar-refractivity contribution in [3.05, 3.63) is 33.8 Å². The van der Waals surface area contributed by atoms with Gasteiger partial charge in [-0.25, -0.2) is 4.79 Å². The molecule has 0 atom stereocenters. The van der Waals surface area contributed by atoms with Gasteiger partial charge in [-0.05, 0) is 18.2 Å². The maximum atomic E-state index is 11.7. The Morgan fingerprint density at radius 1 is 1.12 bits per heavy atom. The quantitative estimate of drug-likeness (QED) is 0.676. The van der Waals surface area contributed by atoms with Crippen LogP contribution < -0.4 is 0 Å². The van der Waals surface area contributed by atoms with Gasteiger partial charge < -0.3 is 10.0 Å². The molecule has 1 aromatic carbocycles. The lowest BCUT2D eigenvalue weighted by atomic mass is 10.1. The van der Waals surface area contributed by atoms with Gasteiger partial charge in [-0.1, -0.05) is 15.9 Å². The monoisotopic (exact) mass is 299 g/mol. The first-order valence-corrected chi connectivity index (χ1v) is 5.42. The maximum Gasteiger partial charge on any atom is 0.377 e. The van der Waals surface area contributed by atoms with Crippen LogP contribution in [-0.2, 0) is 4.79 Å². The molecule has 0 aromatic heterocycles. The van der Waals surface area contributed by atoms with E-state index in [9.17, 15) is 14.4 Å². The van der Waals surface area contributed by atoms with E-state index in [1.54, 1.807) is 14.1 Å². The number of halogens is 1. The number of amides is 1. The van der Waals surface area contributed by atoms with Gasteiger partial charge in [0.25, 0.3) is 11.7 Å². The van der Waals surface area contributed by atoms with Crippen LogP contribution in [0.3, 0.4) is 0 Å². The predicted octanol–water partition coefficient (Wildman–Crippen LogP) is 1.42. The number of hydrogen-bond acceptors (Lipinski definition) is 3. The van der Waals surface area contributed by atoms with E-state index in [0.29, 0.717) is 4.47 Å². The molecule has 90 valence electrons. The van der Waals surface area contributed by atoms with Crippen molar-refractivity contribution in [2.45, 2.75) is 0 Å². The van der Waals surface area contributed by atoms with Crippen molar-refractivity contribution >= 4 is 33.6 Å². The van der Waals surface area contributed by atoms with Crippen molar-refractivity contribution in [2.24, 2.45) is 0 Å². The summed E-state index contributed by atoms with van der Waals surface area (Å²) >= 11 is 3.13. The Kier molecular flexibility index (Phi) is 4.01. The van der Waals surface area contributed by atoms with Crippen molar-refractivity contribution in [3.8, 4) is 0 Å². The number of aliphatic carboxylic acids is 1. The van der Waals surface area contributed by atoms with Gasteiger partial charge in [0.15, 0.2) is 0 Å². The van der Waals surface area contributed by atoms with Gasteiger partial charge in [-0.3, -0.25) is 9.59 Å². The molecule has 0 aliphatic carbocycles. The summed E-state index contributed by atoms with van der Waals surface area (Å²) in [5.74, 6) is -2.89. The second kappa shape index (κ2) is 5.09. The largest absolute Gasteiger partial charge is 0.475 e. The highest BCUT2D eigenvalue weighted by Crippen LogP contribution is 2.17. The summed E-state index contributed by atoms with van der Waals surface area (Å²) in [6.07, 6.45) is 0. The number of carbonyl (C=O) groups is 3. The third kappa shape index (κ3) is 3.13. The first-order chi connectivity index (χ1) is 7.82. The topological polar surface area (TPSA) is 74.7 Å². The van der Waals surface area contributed by atoms with Gasteiger partial charge in [0.1, 0.15) is 0 Å². The number of rotatable bonds is 3. The zero-order valence-electron chi connectivity index (χ0n) is 9.23. The molecule has 1 rings (SSSR count). The molecule has 0 fully saturated rings. The van der Waals surface area contributed by atoms with Gasteiger partial charge in [-0.15, -0.1) is 0 Å². The van der Waals surface area contributed by atoms with Crippen molar-refractivity contribution in [2.75, 3.05) is 14.1 Å². The average Bonchev–Trinajstić information content (AvgIpc) is 2.25. The number of benzene rings is 1. The Hall–Kier alpha value is -1.69. The number of nitrogens with zero attached hydrogens (tertiary/aromatic N) is 1. The van der Waals surface area contributed by atoms with E-state index in [1.165, 1.54) is 23.1 Å². The lowest BCUT2D eigenvalue weighted by Gasteiger charge is -2.11. The summed E-state index contributed by atoms with van der Waals surface area (Å²) < 4.78 is 0.481. The number of carbonyl (C=O) groups excluding carboxylic acids is 2. The lowest BCUT2D eigenvalue weighted by Crippen LogP contribution is -2.22. The molecule has 6 heteroatoms. The molecule has 0 saturated carbocycles. The van der Waals surface area contributed by atoms with Crippen LogP contribution in [-0.4, -0.2) is 41.8 Å². The zero-order chi connectivity index (χ0) is 13.2. The number of ketones is 1. The third-order valence-electron chi connectivity index (χ3n) is 2.01. The molecular weight excluding hydrogens is 290 g/mol. The molecule has 0 radical (unpaired) electrons. The van der Waals surface area contributed by atoms with E-state index in [-0.39, 0.29) is 17.0 Å². The van der Waals surface area contributed by atoms with Crippen LogP contribution in [0.15, 0.2) is 22.7 Å². The number of Topliss-reactive ketones (excluding diaryl/α,β-unsaturated/α-hetero) is 1. The normalized spacial score (nSPS) is 9.82. The van der Waals surface area contributed by atoms with Crippen molar-refractivity contribution in [1.29, 1.82) is 0 Å². The van der Waals surface area contributed by atoms with Crippen LogP contribution in [0.2, 0.25) is 0 Å². The van der Waals surface area contributed by atoms with Gasteiger partial charge in [0.2, 0.25) is 0 Å². The Labute approximate surface area is 106 Å². The van der Waals surface area contributed by atoms with Gasteiger partial charge in [0, 0.05) is 29.7 Å². The lowest BCUT2D eigenvalue weighted by molar-refractivity contribution is -0.131. The molecular formula is C11H10BrNO4. The fraction of sp³-hybridized carbons (Fsp3) is 0.182. The number of carboxylic acids is 1. The fourth-order valence-corrected chi connectivity index (χ4v) is 1.72. The summed E-state index contributed by atoms with van der Waals surface area (Å²) in [6, 6.07) is 4.16. The highest BCUT2D eigenvalue weighted by atomic mass is 79.9. The smallest absolute Gasteiger partial charge is 0.377 e. The van der Waals surface area contributed by atoms with Crippen LogP contribution in [0.1, 0.15) is 20.7 Å². The molecule has 0 aliphatic rings. The molecule has 0 unspecified atom stereocenters. The van der Waals surface area contributed by atoms with Crippen LogP contribution >= 0.6 is 15.9 Å². The molecule has 17 heavy (non-hydrogen) atoms. The minimum atomic E-state index is -1.55. The van der Waals surface area contributed by atoms with Gasteiger partial charge in [-0.2, -0.15) is 0 Å². The summed E-state index contributed by atoms with van der Waals surface area (Å²) in [5.41, 5.74) is 0.228. The van der Waals surface area contributed by atoms with E-state index in [2.05, 4.69) is 15.9 Å². The molecule has 0 saturated heterocycles. The van der Waals surface area contributed by atoms with E-state index in [4.69, 9.17) is 5.11 Å². The van der Waals surface area contributed by atoms with Crippen molar-refractivity contribution in [3.63, 3.8) is 0 Å². The van der Waals surface area contributed by atoms with Gasteiger partial charge >= 0.3 is 5.97 Å². The summed E-state index contributed by atoms with van der Waals surface area (Å²) in [4.78, 5) is 34.9. The molecule has 5 nitrogen and oxygen atoms in total. The molecule has 1 amide bonds. The Bertz CT molecular complexity index is 496. The average molecular weight is 300 g/mol.